The van der Waals surface area contributed by atoms with Gasteiger partial charge in [-0.05, 0) is 31.0 Å². The maximum Gasteiger partial charge on any atom is 0.159 e. The van der Waals surface area contributed by atoms with E-state index in [1.54, 1.807) is 12.1 Å². The first kappa shape index (κ1) is 10.5. The van der Waals surface area contributed by atoms with Crippen LogP contribution in [0, 0.1) is 5.82 Å². The molecule has 0 saturated heterocycles. The van der Waals surface area contributed by atoms with Gasteiger partial charge in [0, 0.05) is 12.1 Å². The molecule has 96 valence electrons. The topological polar surface area (TPSA) is 72.5 Å². The summed E-state index contributed by atoms with van der Waals surface area (Å²) >= 11 is 0. The molecule has 1 saturated carbocycles. The van der Waals surface area contributed by atoms with E-state index in [0.29, 0.717) is 11.9 Å². The normalized spacial score (nSPS) is 15.2. The summed E-state index contributed by atoms with van der Waals surface area (Å²) in [6, 6.07) is 6.80. The van der Waals surface area contributed by atoms with Gasteiger partial charge in [-0.25, -0.2) is 9.37 Å². The Balaban J connectivity index is 2.01. The molecule has 0 spiro atoms. The molecule has 2 aromatic heterocycles. The molecular weight excluding hydrogens is 245 g/mol. The number of fused-ring (bicyclic) bond motifs is 1. The number of anilines is 1. The predicted octanol–water partition coefficient (Wildman–Crippen LogP) is 2.48. The lowest BCUT2D eigenvalue weighted by atomic mass is 10.3. The number of imidazole rings is 1. The summed E-state index contributed by atoms with van der Waals surface area (Å²) in [4.78, 5) is 4.57. The number of hydrogen-bond acceptors (Lipinski definition) is 3. The molecule has 5 nitrogen and oxygen atoms in total. The molecule has 0 aliphatic heterocycles. The molecule has 1 fully saturated rings. The fourth-order valence-corrected chi connectivity index (χ4v) is 2.41. The van der Waals surface area contributed by atoms with Crippen LogP contribution in [0.2, 0.25) is 0 Å². The fraction of sp³-hybridized carbons (Fsp3) is 0.231. The second kappa shape index (κ2) is 3.57. The van der Waals surface area contributed by atoms with E-state index in [-0.39, 0.29) is 5.82 Å². The van der Waals surface area contributed by atoms with Gasteiger partial charge in [0.25, 0.3) is 0 Å². The number of rotatable bonds is 2. The minimum atomic E-state index is -0.245. The van der Waals surface area contributed by atoms with Crippen LogP contribution in [-0.2, 0) is 0 Å². The van der Waals surface area contributed by atoms with Crippen molar-refractivity contribution in [3.05, 3.63) is 30.1 Å². The third-order valence-electron chi connectivity index (χ3n) is 3.40. The molecule has 3 N–H and O–H groups in total. The van der Waals surface area contributed by atoms with Crippen molar-refractivity contribution in [2.45, 2.75) is 18.9 Å². The van der Waals surface area contributed by atoms with E-state index in [0.717, 1.165) is 35.4 Å². The molecule has 0 radical (unpaired) electrons. The zero-order valence-corrected chi connectivity index (χ0v) is 10.1. The third kappa shape index (κ3) is 1.60. The van der Waals surface area contributed by atoms with Crippen LogP contribution in [0.5, 0.6) is 0 Å². The van der Waals surface area contributed by atoms with Crippen molar-refractivity contribution in [3.8, 4) is 11.5 Å². The predicted molar refractivity (Wildman–Crippen MR) is 70.0 cm³/mol. The minimum Gasteiger partial charge on any atom is -0.382 e. The van der Waals surface area contributed by atoms with Gasteiger partial charge in [-0.2, -0.15) is 5.10 Å². The number of halogens is 1. The lowest BCUT2D eigenvalue weighted by molar-refractivity contribution is 0.628. The van der Waals surface area contributed by atoms with Crippen LogP contribution in [0.1, 0.15) is 18.9 Å². The fourth-order valence-electron chi connectivity index (χ4n) is 2.41. The van der Waals surface area contributed by atoms with Gasteiger partial charge in [-0.15, -0.1) is 0 Å². The number of aromatic amines is 1. The molecule has 4 rings (SSSR count). The Labute approximate surface area is 108 Å². The molecule has 1 aliphatic carbocycles. The van der Waals surface area contributed by atoms with Crippen LogP contribution in [0.3, 0.4) is 0 Å². The van der Waals surface area contributed by atoms with Crippen molar-refractivity contribution in [2.75, 3.05) is 5.73 Å². The first-order valence-electron chi connectivity index (χ1n) is 6.21. The van der Waals surface area contributed by atoms with Gasteiger partial charge >= 0.3 is 0 Å². The van der Waals surface area contributed by atoms with Gasteiger partial charge < -0.3 is 10.3 Å². The number of benzene rings is 1. The maximum absolute atomic E-state index is 13.4. The average molecular weight is 257 g/mol. The zero-order valence-electron chi connectivity index (χ0n) is 10.1. The van der Waals surface area contributed by atoms with Crippen molar-refractivity contribution >= 4 is 16.9 Å². The van der Waals surface area contributed by atoms with Gasteiger partial charge in [0.1, 0.15) is 17.3 Å². The van der Waals surface area contributed by atoms with Crippen LogP contribution in [0.25, 0.3) is 22.6 Å². The highest BCUT2D eigenvalue weighted by molar-refractivity contribution is 5.80. The summed E-state index contributed by atoms with van der Waals surface area (Å²) in [7, 11) is 0. The molecule has 0 atom stereocenters. The molecule has 1 aliphatic rings. The molecule has 19 heavy (non-hydrogen) atoms. The van der Waals surface area contributed by atoms with Gasteiger partial charge in [0.15, 0.2) is 5.82 Å². The Bertz CT molecular complexity index is 769. The Morgan fingerprint density at radius 3 is 2.84 bits per heavy atom. The van der Waals surface area contributed by atoms with Crippen molar-refractivity contribution in [2.24, 2.45) is 0 Å². The molecular formula is C13H12FN5. The Morgan fingerprint density at radius 2 is 2.16 bits per heavy atom. The average Bonchev–Trinajstić information content (AvgIpc) is 3.02. The molecule has 6 heteroatoms. The number of nitrogens with one attached hydrogen (secondary N) is 1. The van der Waals surface area contributed by atoms with Gasteiger partial charge in [0.2, 0.25) is 0 Å². The van der Waals surface area contributed by atoms with Crippen molar-refractivity contribution < 1.29 is 4.39 Å². The van der Waals surface area contributed by atoms with Crippen molar-refractivity contribution in [3.63, 3.8) is 0 Å². The highest BCUT2D eigenvalue weighted by Crippen LogP contribution is 2.41. The number of H-pyrrole nitrogens is 1. The van der Waals surface area contributed by atoms with Crippen LogP contribution >= 0.6 is 0 Å². The first-order valence-corrected chi connectivity index (χ1v) is 6.21. The van der Waals surface area contributed by atoms with Gasteiger partial charge in [-0.1, -0.05) is 0 Å². The zero-order chi connectivity index (χ0) is 13.0. The van der Waals surface area contributed by atoms with Crippen LogP contribution in [0.4, 0.5) is 10.2 Å². The number of nitrogens with two attached hydrogens (primary N) is 1. The Morgan fingerprint density at radius 1 is 1.32 bits per heavy atom. The maximum atomic E-state index is 13.4. The van der Waals surface area contributed by atoms with E-state index >= 15 is 0 Å². The van der Waals surface area contributed by atoms with Crippen LogP contribution < -0.4 is 5.73 Å². The van der Waals surface area contributed by atoms with Gasteiger partial charge in [-0.3, -0.25) is 5.10 Å². The highest BCUT2D eigenvalue weighted by Gasteiger charge is 2.29. The number of hydrogen-bond donors (Lipinski definition) is 2. The van der Waals surface area contributed by atoms with Crippen molar-refractivity contribution in [1.82, 2.24) is 19.7 Å². The number of nitrogen functional groups attached to an aromatic ring is 1. The molecule has 2 heterocycles. The summed E-state index contributed by atoms with van der Waals surface area (Å²) in [5.74, 6) is 0.952. The van der Waals surface area contributed by atoms with Crippen LogP contribution in [0.15, 0.2) is 24.3 Å². The van der Waals surface area contributed by atoms with Gasteiger partial charge in [0.05, 0.1) is 11.0 Å². The third-order valence-corrected chi connectivity index (χ3v) is 3.40. The summed E-state index contributed by atoms with van der Waals surface area (Å²) in [6.07, 6.45) is 2.19. The lowest BCUT2D eigenvalue weighted by Gasteiger charge is -2.05. The molecule has 3 aromatic rings. The largest absolute Gasteiger partial charge is 0.382 e. The summed E-state index contributed by atoms with van der Waals surface area (Å²) < 4.78 is 15.5. The molecule has 0 unspecified atom stereocenters. The molecule has 0 amide bonds. The monoisotopic (exact) mass is 257 g/mol. The Hall–Kier alpha value is -2.37. The van der Waals surface area contributed by atoms with E-state index in [9.17, 15) is 4.39 Å². The first-order chi connectivity index (χ1) is 9.22. The van der Waals surface area contributed by atoms with E-state index < -0.39 is 0 Å². The smallest absolute Gasteiger partial charge is 0.159 e. The second-order valence-corrected chi connectivity index (χ2v) is 4.88. The summed E-state index contributed by atoms with van der Waals surface area (Å²) in [5, 5.41) is 6.80. The number of nitrogens with zero attached hydrogens (tertiary/aromatic N) is 3. The highest BCUT2D eigenvalue weighted by atomic mass is 19.1. The molecule has 0 bridgehead atoms. The van der Waals surface area contributed by atoms with E-state index in [1.807, 2.05) is 0 Å². The van der Waals surface area contributed by atoms with Crippen LogP contribution in [-0.4, -0.2) is 19.7 Å². The minimum absolute atomic E-state index is 0.245. The Kier molecular flexibility index (Phi) is 1.98. The SMILES string of the molecule is Nc1cc(-c2nc3ccc(F)cc3n2C2CC2)[nH]n1. The summed E-state index contributed by atoms with van der Waals surface area (Å²) in [5.41, 5.74) is 8.01. The van der Waals surface area contributed by atoms with E-state index in [1.165, 1.54) is 12.1 Å². The molecule has 1 aromatic carbocycles. The standard InChI is InChI=1S/C13H12FN5/c14-7-1-4-9-11(5-7)19(8-2-3-8)13(16-9)10-6-12(15)18-17-10/h1,4-6,8H,2-3H2,(H3,15,17,18). The van der Waals surface area contributed by atoms with Crippen molar-refractivity contribution in [1.29, 1.82) is 0 Å². The summed E-state index contributed by atoms with van der Waals surface area (Å²) in [6.45, 7) is 0. The lowest BCUT2D eigenvalue weighted by Crippen LogP contribution is -1.97. The second-order valence-electron chi connectivity index (χ2n) is 4.88. The quantitative estimate of drug-likeness (QED) is 0.740. The number of aromatic nitrogens is 4. The van der Waals surface area contributed by atoms with E-state index in [2.05, 4.69) is 19.7 Å². The van der Waals surface area contributed by atoms with E-state index in [4.69, 9.17) is 5.73 Å².